The maximum Gasteiger partial charge on any atom is 0.312 e. The number of unbranched alkanes of at least 4 members (excludes halogenated alkanes) is 1. The minimum absolute atomic E-state index is 0.0462. The van der Waals surface area contributed by atoms with Crippen molar-refractivity contribution in [3.63, 3.8) is 0 Å². The largest absolute Gasteiger partial charge is 0.466 e. The Bertz CT molecular complexity index is 557. The molecule has 25 heavy (non-hydrogen) atoms. The minimum Gasteiger partial charge on any atom is -0.466 e. The number of H-pyrrole nitrogens is 1. The zero-order chi connectivity index (χ0) is 17.7. The van der Waals surface area contributed by atoms with Crippen LogP contribution in [0.4, 0.5) is 0 Å². The molecule has 0 unspecified atom stereocenters. The summed E-state index contributed by atoms with van der Waals surface area (Å²) in [6, 6.07) is 0. The van der Waals surface area contributed by atoms with Crippen molar-refractivity contribution in [3.8, 4) is 0 Å². The fourth-order valence-corrected chi connectivity index (χ4v) is 3.99. The molecule has 1 saturated carbocycles. The first kappa shape index (κ1) is 18.4. The van der Waals surface area contributed by atoms with Gasteiger partial charge in [0.1, 0.15) is 5.82 Å². The first-order valence-corrected chi connectivity index (χ1v) is 10.1. The summed E-state index contributed by atoms with van der Waals surface area (Å²) in [4.78, 5) is 23.0. The van der Waals surface area contributed by atoms with Crippen LogP contribution >= 0.6 is 0 Å². The number of piperidine rings is 1. The van der Waals surface area contributed by atoms with Crippen molar-refractivity contribution in [1.82, 2.24) is 14.9 Å². The van der Waals surface area contributed by atoms with E-state index in [1.165, 1.54) is 31.4 Å². The Morgan fingerprint density at radius 1 is 1.36 bits per heavy atom. The third kappa shape index (κ3) is 4.84. The average molecular weight is 348 g/mol. The fourth-order valence-electron chi connectivity index (χ4n) is 3.99. The Balaban J connectivity index is 1.54. The molecule has 1 aliphatic heterocycles. The standard InChI is InChI=1S/C20H33N3O2/c1-3-5-6-18-21-14-17(22-18)15-23-11-9-20(10-12-23,13-16-7-8-16)19(24)25-4-2/h14,16H,3-13,15H2,1-2H3,(H,21,22). The predicted octanol–water partition coefficient (Wildman–Crippen LogP) is 3.70. The van der Waals surface area contributed by atoms with E-state index in [9.17, 15) is 4.79 Å². The maximum absolute atomic E-state index is 12.6. The van der Waals surface area contributed by atoms with Gasteiger partial charge >= 0.3 is 5.97 Å². The first-order valence-electron chi connectivity index (χ1n) is 10.1. The van der Waals surface area contributed by atoms with E-state index in [-0.39, 0.29) is 11.4 Å². The zero-order valence-electron chi connectivity index (χ0n) is 15.9. The molecule has 2 fully saturated rings. The van der Waals surface area contributed by atoms with Crippen LogP contribution in [0.5, 0.6) is 0 Å². The van der Waals surface area contributed by atoms with Crippen molar-refractivity contribution < 1.29 is 9.53 Å². The van der Waals surface area contributed by atoms with Crippen LogP contribution in [0.2, 0.25) is 0 Å². The van der Waals surface area contributed by atoms with E-state index < -0.39 is 0 Å². The fraction of sp³-hybridized carbons (Fsp3) is 0.800. The van der Waals surface area contributed by atoms with Gasteiger partial charge in [0.05, 0.1) is 12.0 Å². The highest BCUT2D eigenvalue weighted by atomic mass is 16.5. The van der Waals surface area contributed by atoms with Crippen molar-refractivity contribution in [2.75, 3.05) is 19.7 Å². The van der Waals surface area contributed by atoms with Crippen LogP contribution in [-0.2, 0) is 22.5 Å². The minimum atomic E-state index is -0.228. The van der Waals surface area contributed by atoms with Crippen LogP contribution < -0.4 is 0 Å². The summed E-state index contributed by atoms with van der Waals surface area (Å²) < 4.78 is 5.43. The summed E-state index contributed by atoms with van der Waals surface area (Å²) >= 11 is 0. The molecule has 0 atom stereocenters. The molecule has 140 valence electrons. The summed E-state index contributed by atoms with van der Waals surface area (Å²) in [5.41, 5.74) is 0.963. The van der Waals surface area contributed by atoms with Crippen LogP contribution in [0.1, 0.15) is 70.3 Å². The van der Waals surface area contributed by atoms with Crippen molar-refractivity contribution in [2.24, 2.45) is 11.3 Å². The second-order valence-electron chi connectivity index (χ2n) is 7.88. The van der Waals surface area contributed by atoms with Crippen LogP contribution in [-0.4, -0.2) is 40.5 Å². The highest BCUT2D eigenvalue weighted by molar-refractivity contribution is 5.77. The number of carbonyl (C=O) groups is 1. The topological polar surface area (TPSA) is 58.2 Å². The van der Waals surface area contributed by atoms with Crippen LogP contribution in [0, 0.1) is 11.3 Å². The molecule has 0 amide bonds. The molecule has 1 saturated heterocycles. The predicted molar refractivity (Wildman–Crippen MR) is 98.1 cm³/mol. The molecule has 1 aromatic heterocycles. The third-order valence-corrected chi connectivity index (χ3v) is 5.74. The lowest BCUT2D eigenvalue weighted by Crippen LogP contribution is -2.45. The van der Waals surface area contributed by atoms with Gasteiger partial charge in [-0.1, -0.05) is 26.2 Å². The van der Waals surface area contributed by atoms with Crippen LogP contribution in [0.3, 0.4) is 0 Å². The molecule has 5 nitrogen and oxygen atoms in total. The Labute approximate surface area is 151 Å². The number of hydrogen-bond acceptors (Lipinski definition) is 4. The quantitative estimate of drug-likeness (QED) is 0.692. The summed E-state index contributed by atoms with van der Waals surface area (Å²) in [6.07, 6.45) is 10.9. The van der Waals surface area contributed by atoms with E-state index in [0.29, 0.717) is 6.61 Å². The van der Waals surface area contributed by atoms with E-state index in [2.05, 4.69) is 21.8 Å². The number of hydrogen-bond donors (Lipinski definition) is 1. The highest BCUT2D eigenvalue weighted by Gasteiger charge is 2.46. The van der Waals surface area contributed by atoms with Crippen LogP contribution in [0.15, 0.2) is 6.20 Å². The number of nitrogens with one attached hydrogen (secondary N) is 1. The van der Waals surface area contributed by atoms with Gasteiger partial charge in [-0.25, -0.2) is 4.98 Å². The van der Waals surface area contributed by atoms with Gasteiger partial charge in [0.25, 0.3) is 0 Å². The Kier molecular flexibility index (Phi) is 6.15. The molecular formula is C20H33N3O2. The number of aromatic nitrogens is 2. The molecule has 0 spiro atoms. The van der Waals surface area contributed by atoms with Crippen molar-refractivity contribution in [1.29, 1.82) is 0 Å². The number of imidazole rings is 1. The second-order valence-corrected chi connectivity index (χ2v) is 7.88. The molecule has 3 rings (SSSR count). The summed E-state index contributed by atoms with van der Waals surface area (Å²) in [5.74, 6) is 1.90. The molecule has 1 aromatic rings. The van der Waals surface area contributed by atoms with Gasteiger partial charge in [-0.05, 0) is 51.6 Å². The SMILES string of the molecule is CCCCc1ncc(CN2CCC(CC3CC3)(C(=O)OCC)CC2)[nH]1. The van der Waals surface area contributed by atoms with E-state index in [4.69, 9.17) is 4.74 Å². The number of ether oxygens (including phenoxy) is 1. The van der Waals surface area contributed by atoms with Gasteiger partial charge in [-0.3, -0.25) is 9.69 Å². The highest BCUT2D eigenvalue weighted by Crippen LogP contribution is 2.46. The average Bonchev–Trinajstić information content (AvgIpc) is 3.31. The van der Waals surface area contributed by atoms with E-state index in [1.807, 2.05) is 13.1 Å². The van der Waals surface area contributed by atoms with Crippen molar-refractivity contribution >= 4 is 5.97 Å². The molecule has 1 aliphatic carbocycles. The third-order valence-electron chi connectivity index (χ3n) is 5.74. The number of nitrogens with zero attached hydrogens (tertiary/aromatic N) is 2. The summed E-state index contributed by atoms with van der Waals surface area (Å²) in [7, 11) is 0. The van der Waals surface area contributed by atoms with E-state index in [0.717, 1.165) is 57.1 Å². The van der Waals surface area contributed by atoms with Crippen molar-refractivity contribution in [3.05, 3.63) is 17.7 Å². The molecule has 2 heterocycles. The number of likely N-dealkylation sites (tertiary alicyclic amines) is 1. The number of rotatable bonds is 9. The number of aromatic amines is 1. The van der Waals surface area contributed by atoms with Gasteiger partial charge in [-0.2, -0.15) is 0 Å². The normalized spacial score (nSPS) is 20.6. The van der Waals surface area contributed by atoms with Gasteiger partial charge in [0.15, 0.2) is 0 Å². The first-order chi connectivity index (χ1) is 12.1. The molecule has 0 aromatic carbocycles. The lowest BCUT2D eigenvalue weighted by Gasteiger charge is -2.40. The molecule has 1 N–H and O–H groups in total. The number of carbonyl (C=O) groups excluding carboxylic acids is 1. The molecule has 2 aliphatic rings. The smallest absolute Gasteiger partial charge is 0.312 e. The van der Waals surface area contributed by atoms with E-state index in [1.54, 1.807) is 0 Å². The zero-order valence-corrected chi connectivity index (χ0v) is 15.9. The second kappa shape index (κ2) is 8.35. The van der Waals surface area contributed by atoms with Crippen molar-refractivity contribution in [2.45, 2.75) is 71.8 Å². The van der Waals surface area contributed by atoms with Gasteiger partial charge in [0, 0.05) is 24.9 Å². The van der Waals surface area contributed by atoms with Gasteiger partial charge in [0.2, 0.25) is 0 Å². The van der Waals surface area contributed by atoms with Gasteiger partial charge < -0.3 is 9.72 Å². The number of esters is 1. The Morgan fingerprint density at radius 3 is 2.76 bits per heavy atom. The Hall–Kier alpha value is -1.36. The van der Waals surface area contributed by atoms with Gasteiger partial charge in [-0.15, -0.1) is 0 Å². The Morgan fingerprint density at radius 2 is 2.12 bits per heavy atom. The summed E-state index contributed by atoms with van der Waals surface area (Å²) in [5, 5.41) is 0. The lowest BCUT2D eigenvalue weighted by atomic mass is 9.74. The maximum atomic E-state index is 12.6. The monoisotopic (exact) mass is 347 g/mol. The lowest BCUT2D eigenvalue weighted by molar-refractivity contribution is -0.159. The molecule has 0 bridgehead atoms. The summed E-state index contributed by atoms with van der Waals surface area (Å²) in [6.45, 7) is 7.44. The molecule has 0 radical (unpaired) electrons. The molecule has 5 heteroatoms. The van der Waals surface area contributed by atoms with E-state index >= 15 is 0 Å². The van der Waals surface area contributed by atoms with Crippen LogP contribution in [0.25, 0.3) is 0 Å². The molecular weight excluding hydrogens is 314 g/mol. The number of aryl methyl sites for hydroxylation is 1.